The minimum absolute atomic E-state index is 0.147. The summed E-state index contributed by atoms with van der Waals surface area (Å²) < 4.78 is 10.6. The molecule has 0 saturated carbocycles. The van der Waals surface area contributed by atoms with Crippen molar-refractivity contribution in [3.05, 3.63) is 23.3 Å². The van der Waals surface area contributed by atoms with Gasteiger partial charge in [-0.1, -0.05) is 32.8 Å². The van der Waals surface area contributed by atoms with Crippen LogP contribution in [0.3, 0.4) is 0 Å². The van der Waals surface area contributed by atoms with E-state index in [1.54, 1.807) is 0 Å². The SMILES string of the molecule is CCCC1=C(CCC)C2(OCC(=O)O2)C(=O)C=C1. The van der Waals surface area contributed by atoms with Gasteiger partial charge in [0.05, 0.1) is 0 Å². The number of ketones is 1. The summed E-state index contributed by atoms with van der Waals surface area (Å²) in [5, 5.41) is 0. The molecule has 1 aliphatic carbocycles. The van der Waals surface area contributed by atoms with Crippen LogP contribution in [0.4, 0.5) is 0 Å². The van der Waals surface area contributed by atoms with Crippen molar-refractivity contribution >= 4 is 11.8 Å². The summed E-state index contributed by atoms with van der Waals surface area (Å²) in [6, 6.07) is 0. The molecule has 1 spiro atoms. The number of allylic oxidation sites excluding steroid dienone is 2. The molecule has 0 aromatic heterocycles. The van der Waals surface area contributed by atoms with Gasteiger partial charge >= 0.3 is 11.8 Å². The Morgan fingerprint density at radius 1 is 1.17 bits per heavy atom. The van der Waals surface area contributed by atoms with Crippen molar-refractivity contribution in [2.75, 3.05) is 6.61 Å². The Kier molecular flexibility index (Phi) is 3.66. The summed E-state index contributed by atoms with van der Waals surface area (Å²) in [7, 11) is 0. The molecule has 2 aliphatic rings. The summed E-state index contributed by atoms with van der Waals surface area (Å²) >= 11 is 0. The van der Waals surface area contributed by atoms with E-state index in [2.05, 4.69) is 6.92 Å². The molecule has 1 unspecified atom stereocenters. The normalized spacial score (nSPS) is 27.2. The lowest BCUT2D eigenvalue weighted by Crippen LogP contribution is -2.43. The van der Waals surface area contributed by atoms with E-state index in [0.717, 1.165) is 30.4 Å². The summed E-state index contributed by atoms with van der Waals surface area (Å²) in [4.78, 5) is 23.4. The number of esters is 1. The molecule has 1 heterocycles. The summed E-state index contributed by atoms with van der Waals surface area (Å²) in [6.45, 7) is 3.96. The number of hydrogen-bond acceptors (Lipinski definition) is 4. The van der Waals surface area contributed by atoms with Gasteiger partial charge in [-0.3, -0.25) is 4.79 Å². The minimum atomic E-state index is -1.45. The van der Waals surface area contributed by atoms with E-state index >= 15 is 0 Å². The fourth-order valence-corrected chi connectivity index (χ4v) is 2.48. The van der Waals surface area contributed by atoms with Crippen molar-refractivity contribution in [3.63, 3.8) is 0 Å². The second-order valence-corrected chi connectivity index (χ2v) is 4.58. The van der Waals surface area contributed by atoms with Crippen molar-refractivity contribution in [3.8, 4) is 0 Å². The van der Waals surface area contributed by atoms with Gasteiger partial charge in [0.15, 0.2) is 0 Å². The van der Waals surface area contributed by atoms with Gasteiger partial charge in [-0.05, 0) is 24.5 Å². The maximum atomic E-state index is 12.1. The zero-order valence-electron chi connectivity index (χ0n) is 10.8. The maximum absolute atomic E-state index is 12.1. The standard InChI is InChI=1S/C14H18O4/c1-3-5-10-7-8-12(15)14(11(10)6-4-2)17-9-13(16)18-14/h7-8H,3-6,9H2,1-2H3. The fraction of sp³-hybridized carbons (Fsp3) is 0.571. The molecule has 1 fully saturated rings. The molecule has 0 radical (unpaired) electrons. The summed E-state index contributed by atoms with van der Waals surface area (Å²) in [5.41, 5.74) is 1.89. The first-order chi connectivity index (χ1) is 8.64. The smallest absolute Gasteiger partial charge is 0.335 e. The van der Waals surface area contributed by atoms with Crippen LogP contribution < -0.4 is 0 Å². The third kappa shape index (κ3) is 2.01. The van der Waals surface area contributed by atoms with Crippen molar-refractivity contribution in [2.24, 2.45) is 0 Å². The molecule has 18 heavy (non-hydrogen) atoms. The molecule has 4 nitrogen and oxygen atoms in total. The third-order valence-corrected chi connectivity index (χ3v) is 3.22. The molecular formula is C14H18O4. The molecule has 1 saturated heterocycles. The molecule has 1 aliphatic heterocycles. The predicted molar refractivity (Wildman–Crippen MR) is 65.8 cm³/mol. The summed E-state index contributed by atoms with van der Waals surface area (Å²) in [6.07, 6.45) is 6.72. The molecule has 4 heteroatoms. The molecule has 1 atom stereocenters. The average molecular weight is 250 g/mol. The zero-order chi connectivity index (χ0) is 13.2. The van der Waals surface area contributed by atoms with Gasteiger partial charge in [-0.2, -0.15) is 0 Å². The highest BCUT2D eigenvalue weighted by Gasteiger charge is 2.52. The highest BCUT2D eigenvalue weighted by Crippen LogP contribution is 2.39. The quantitative estimate of drug-likeness (QED) is 0.718. The lowest BCUT2D eigenvalue weighted by Gasteiger charge is -2.31. The van der Waals surface area contributed by atoms with Crippen molar-refractivity contribution in [1.29, 1.82) is 0 Å². The number of hydrogen-bond donors (Lipinski definition) is 0. The highest BCUT2D eigenvalue weighted by atomic mass is 16.8. The molecule has 0 N–H and O–H groups in total. The molecular weight excluding hydrogens is 232 g/mol. The van der Waals surface area contributed by atoms with E-state index in [-0.39, 0.29) is 12.4 Å². The Bertz CT molecular complexity index is 433. The number of rotatable bonds is 4. The number of carbonyl (C=O) groups excluding carboxylic acids is 2. The Labute approximate surface area is 107 Å². The van der Waals surface area contributed by atoms with E-state index in [9.17, 15) is 9.59 Å². The van der Waals surface area contributed by atoms with E-state index in [1.165, 1.54) is 6.08 Å². The zero-order valence-corrected chi connectivity index (χ0v) is 10.8. The van der Waals surface area contributed by atoms with Gasteiger partial charge < -0.3 is 9.47 Å². The molecule has 0 aromatic carbocycles. The van der Waals surface area contributed by atoms with Crippen LogP contribution in [0, 0.1) is 0 Å². The topological polar surface area (TPSA) is 52.6 Å². The lowest BCUT2D eigenvalue weighted by molar-refractivity contribution is -0.172. The van der Waals surface area contributed by atoms with E-state index < -0.39 is 11.8 Å². The van der Waals surface area contributed by atoms with Crippen LogP contribution in [0.15, 0.2) is 23.3 Å². The largest absolute Gasteiger partial charge is 0.419 e. The number of ether oxygens (including phenoxy) is 2. The Hall–Kier alpha value is -1.42. The first-order valence-corrected chi connectivity index (χ1v) is 6.44. The monoisotopic (exact) mass is 250 g/mol. The van der Waals surface area contributed by atoms with Gasteiger partial charge in [0.2, 0.25) is 5.78 Å². The second-order valence-electron chi connectivity index (χ2n) is 4.58. The van der Waals surface area contributed by atoms with Crippen molar-refractivity contribution in [1.82, 2.24) is 0 Å². The van der Waals surface area contributed by atoms with Crippen molar-refractivity contribution in [2.45, 2.75) is 45.3 Å². The predicted octanol–water partition coefficient (Wildman–Crippen LogP) is 2.29. The Balaban J connectivity index is 2.44. The first-order valence-electron chi connectivity index (χ1n) is 6.44. The van der Waals surface area contributed by atoms with Gasteiger partial charge in [-0.25, -0.2) is 4.79 Å². The van der Waals surface area contributed by atoms with E-state index in [4.69, 9.17) is 9.47 Å². The van der Waals surface area contributed by atoms with Crippen LogP contribution in [0.5, 0.6) is 0 Å². The molecule has 0 aromatic rings. The average Bonchev–Trinajstić information content (AvgIpc) is 2.73. The van der Waals surface area contributed by atoms with Crippen LogP contribution in [-0.4, -0.2) is 24.1 Å². The van der Waals surface area contributed by atoms with Gasteiger partial charge in [0, 0.05) is 5.57 Å². The van der Waals surface area contributed by atoms with Crippen LogP contribution >= 0.6 is 0 Å². The molecule has 0 amide bonds. The van der Waals surface area contributed by atoms with Crippen LogP contribution in [0.1, 0.15) is 39.5 Å². The molecule has 98 valence electrons. The van der Waals surface area contributed by atoms with Crippen molar-refractivity contribution < 1.29 is 19.1 Å². The van der Waals surface area contributed by atoms with Gasteiger partial charge in [0.25, 0.3) is 0 Å². The minimum Gasteiger partial charge on any atom is -0.419 e. The van der Waals surface area contributed by atoms with Gasteiger partial charge in [0.1, 0.15) is 6.61 Å². The van der Waals surface area contributed by atoms with Crippen LogP contribution in [0.25, 0.3) is 0 Å². The van der Waals surface area contributed by atoms with Crippen LogP contribution in [0.2, 0.25) is 0 Å². The van der Waals surface area contributed by atoms with E-state index in [0.29, 0.717) is 6.42 Å². The summed E-state index contributed by atoms with van der Waals surface area (Å²) in [5.74, 6) is -2.20. The molecule has 0 bridgehead atoms. The Morgan fingerprint density at radius 3 is 2.44 bits per heavy atom. The van der Waals surface area contributed by atoms with Gasteiger partial charge in [-0.15, -0.1) is 0 Å². The second kappa shape index (κ2) is 5.06. The fourth-order valence-electron chi connectivity index (χ4n) is 2.48. The first kappa shape index (κ1) is 13.0. The highest BCUT2D eigenvalue weighted by molar-refractivity contribution is 6.02. The van der Waals surface area contributed by atoms with Crippen LogP contribution in [-0.2, 0) is 19.1 Å². The Morgan fingerprint density at radius 2 is 1.89 bits per heavy atom. The number of carbonyl (C=O) groups is 2. The van der Waals surface area contributed by atoms with E-state index in [1.807, 2.05) is 13.0 Å². The maximum Gasteiger partial charge on any atom is 0.335 e. The third-order valence-electron chi connectivity index (χ3n) is 3.22. The lowest BCUT2D eigenvalue weighted by atomic mass is 9.86. The molecule has 2 rings (SSSR count).